The summed E-state index contributed by atoms with van der Waals surface area (Å²) in [6, 6.07) is 3.66. The van der Waals surface area contributed by atoms with Gasteiger partial charge in [0.05, 0.1) is 6.10 Å². The lowest BCUT2D eigenvalue weighted by atomic mass is 10.0. The van der Waals surface area contributed by atoms with Crippen molar-refractivity contribution in [2.24, 2.45) is 5.92 Å². The SMILES string of the molecule is CC(NC1CCOC1C1CC1)c1cc(F)ccc1F. The number of ether oxygens (including phenoxy) is 1. The minimum atomic E-state index is -0.397. The van der Waals surface area contributed by atoms with Crippen molar-refractivity contribution in [2.45, 2.75) is 44.4 Å². The zero-order valence-corrected chi connectivity index (χ0v) is 11.0. The van der Waals surface area contributed by atoms with Crippen molar-refractivity contribution in [3.63, 3.8) is 0 Å². The van der Waals surface area contributed by atoms with E-state index in [1.54, 1.807) is 0 Å². The van der Waals surface area contributed by atoms with Crippen molar-refractivity contribution in [3.05, 3.63) is 35.4 Å². The maximum Gasteiger partial charge on any atom is 0.128 e. The minimum absolute atomic E-state index is 0.205. The van der Waals surface area contributed by atoms with Crippen LogP contribution >= 0.6 is 0 Å². The second kappa shape index (κ2) is 5.17. The van der Waals surface area contributed by atoms with E-state index in [0.717, 1.165) is 19.1 Å². The van der Waals surface area contributed by atoms with Crippen LogP contribution in [0.4, 0.5) is 8.78 Å². The van der Waals surface area contributed by atoms with Gasteiger partial charge in [-0.05, 0) is 50.3 Å². The average Bonchev–Trinajstić information content (AvgIpc) is 3.13. The Balaban J connectivity index is 1.70. The maximum absolute atomic E-state index is 13.7. The molecule has 1 saturated carbocycles. The summed E-state index contributed by atoms with van der Waals surface area (Å²) in [5.41, 5.74) is 0.390. The first-order valence-electron chi connectivity index (χ1n) is 6.98. The first-order valence-corrected chi connectivity index (χ1v) is 6.98. The zero-order valence-electron chi connectivity index (χ0n) is 11.0. The van der Waals surface area contributed by atoms with Crippen molar-refractivity contribution < 1.29 is 13.5 Å². The van der Waals surface area contributed by atoms with Crippen molar-refractivity contribution >= 4 is 0 Å². The molecule has 0 amide bonds. The van der Waals surface area contributed by atoms with Crippen LogP contribution in [0.5, 0.6) is 0 Å². The molecule has 2 nitrogen and oxygen atoms in total. The Hall–Kier alpha value is -1.00. The molecule has 1 heterocycles. The number of benzene rings is 1. The maximum atomic E-state index is 13.7. The van der Waals surface area contributed by atoms with Crippen molar-refractivity contribution in [3.8, 4) is 0 Å². The summed E-state index contributed by atoms with van der Waals surface area (Å²) in [5, 5.41) is 3.40. The van der Waals surface area contributed by atoms with E-state index in [9.17, 15) is 8.78 Å². The Kier molecular flexibility index (Phi) is 3.54. The monoisotopic (exact) mass is 267 g/mol. The number of hydrogen-bond acceptors (Lipinski definition) is 2. The van der Waals surface area contributed by atoms with Crippen LogP contribution in [0.25, 0.3) is 0 Å². The fourth-order valence-corrected chi connectivity index (χ4v) is 2.94. The molecule has 3 atom stereocenters. The van der Waals surface area contributed by atoms with Gasteiger partial charge in [-0.1, -0.05) is 0 Å². The van der Waals surface area contributed by atoms with E-state index in [2.05, 4.69) is 5.32 Å². The van der Waals surface area contributed by atoms with Gasteiger partial charge in [0.15, 0.2) is 0 Å². The van der Waals surface area contributed by atoms with Crippen LogP contribution in [0.15, 0.2) is 18.2 Å². The summed E-state index contributed by atoms with van der Waals surface area (Å²) in [6.45, 7) is 2.64. The Labute approximate surface area is 112 Å². The van der Waals surface area contributed by atoms with E-state index in [1.807, 2.05) is 6.92 Å². The summed E-state index contributed by atoms with van der Waals surface area (Å²) in [5.74, 6) is -0.0979. The van der Waals surface area contributed by atoms with E-state index in [-0.39, 0.29) is 24.0 Å². The number of nitrogens with one attached hydrogen (secondary N) is 1. The topological polar surface area (TPSA) is 21.3 Å². The van der Waals surface area contributed by atoms with Crippen LogP contribution in [0.3, 0.4) is 0 Å². The third-order valence-electron chi connectivity index (χ3n) is 4.11. The Morgan fingerprint density at radius 2 is 2.05 bits per heavy atom. The highest BCUT2D eigenvalue weighted by molar-refractivity contribution is 5.22. The molecule has 2 aliphatic rings. The van der Waals surface area contributed by atoms with Gasteiger partial charge < -0.3 is 10.1 Å². The molecule has 1 aromatic rings. The number of halogens is 2. The molecule has 1 aliphatic carbocycles. The van der Waals surface area contributed by atoms with Crippen molar-refractivity contribution in [1.82, 2.24) is 5.32 Å². The molecule has 19 heavy (non-hydrogen) atoms. The molecule has 4 heteroatoms. The average molecular weight is 267 g/mol. The van der Waals surface area contributed by atoms with Crippen LogP contribution in [0, 0.1) is 17.6 Å². The normalized spacial score (nSPS) is 28.6. The van der Waals surface area contributed by atoms with Gasteiger partial charge in [-0.3, -0.25) is 0 Å². The molecule has 1 N–H and O–H groups in total. The molecule has 0 radical (unpaired) electrons. The molecule has 104 valence electrons. The van der Waals surface area contributed by atoms with E-state index < -0.39 is 5.82 Å². The van der Waals surface area contributed by atoms with E-state index in [1.165, 1.54) is 25.0 Å². The van der Waals surface area contributed by atoms with Crippen molar-refractivity contribution in [2.75, 3.05) is 6.61 Å². The molecule has 0 spiro atoms. The van der Waals surface area contributed by atoms with Gasteiger partial charge >= 0.3 is 0 Å². The van der Waals surface area contributed by atoms with Gasteiger partial charge in [-0.2, -0.15) is 0 Å². The molecule has 1 saturated heterocycles. The van der Waals surface area contributed by atoms with Gasteiger partial charge in [-0.25, -0.2) is 8.78 Å². The van der Waals surface area contributed by atoms with Crippen molar-refractivity contribution in [1.29, 1.82) is 0 Å². The van der Waals surface area contributed by atoms with Crippen LogP contribution in [-0.4, -0.2) is 18.8 Å². The smallest absolute Gasteiger partial charge is 0.128 e. The van der Waals surface area contributed by atoms with Gasteiger partial charge in [0, 0.05) is 24.3 Å². The Morgan fingerprint density at radius 1 is 1.26 bits per heavy atom. The number of rotatable bonds is 4. The molecule has 2 fully saturated rings. The molecule has 0 aromatic heterocycles. The highest BCUT2D eigenvalue weighted by Crippen LogP contribution is 2.39. The molecular formula is C15H19F2NO. The van der Waals surface area contributed by atoms with Crippen LogP contribution in [0.1, 0.15) is 37.8 Å². The highest BCUT2D eigenvalue weighted by atomic mass is 19.1. The quantitative estimate of drug-likeness (QED) is 0.904. The summed E-state index contributed by atoms with van der Waals surface area (Å²) in [6.07, 6.45) is 3.65. The lowest BCUT2D eigenvalue weighted by molar-refractivity contribution is 0.0792. The third kappa shape index (κ3) is 2.79. The molecule has 3 rings (SSSR count). The predicted molar refractivity (Wildman–Crippen MR) is 68.8 cm³/mol. The fourth-order valence-electron chi connectivity index (χ4n) is 2.94. The summed E-state index contributed by atoms with van der Waals surface area (Å²) in [7, 11) is 0. The van der Waals surface area contributed by atoms with Gasteiger partial charge in [0.1, 0.15) is 11.6 Å². The largest absolute Gasteiger partial charge is 0.376 e. The first-order chi connectivity index (χ1) is 9.15. The molecular weight excluding hydrogens is 248 g/mol. The molecule has 0 bridgehead atoms. The number of hydrogen-bond donors (Lipinski definition) is 1. The third-order valence-corrected chi connectivity index (χ3v) is 4.11. The summed E-state index contributed by atoms with van der Waals surface area (Å²) < 4.78 is 32.7. The molecule has 1 aromatic carbocycles. The van der Waals surface area contributed by atoms with Crippen LogP contribution in [-0.2, 0) is 4.74 Å². The molecule has 1 aliphatic heterocycles. The Bertz CT molecular complexity index is 461. The van der Waals surface area contributed by atoms with Crippen LogP contribution in [0.2, 0.25) is 0 Å². The predicted octanol–water partition coefficient (Wildman–Crippen LogP) is 3.18. The van der Waals surface area contributed by atoms with Crippen LogP contribution < -0.4 is 5.32 Å². The fraction of sp³-hybridized carbons (Fsp3) is 0.600. The molecule has 3 unspecified atom stereocenters. The van der Waals surface area contributed by atoms with Gasteiger partial charge in [0.25, 0.3) is 0 Å². The summed E-state index contributed by atoms with van der Waals surface area (Å²) in [4.78, 5) is 0. The van der Waals surface area contributed by atoms with Gasteiger partial charge in [0.2, 0.25) is 0 Å². The second-order valence-corrected chi connectivity index (χ2v) is 5.62. The van der Waals surface area contributed by atoms with E-state index in [0.29, 0.717) is 11.5 Å². The lowest BCUT2D eigenvalue weighted by Gasteiger charge is -2.24. The first kappa shape index (κ1) is 13.0. The van der Waals surface area contributed by atoms with E-state index >= 15 is 0 Å². The Morgan fingerprint density at radius 3 is 2.79 bits per heavy atom. The minimum Gasteiger partial charge on any atom is -0.376 e. The zero-order chi connectivity index (χ0) is 13.4. The lowest BCUT2D eigenvalue weighted by Crippen LogP contribution is -2.39. The van der Waals surface area contributed by atoms with Gasteiger partial charge in [-0.15, -0.1) is 0 Å². The second-order valence-electron chi connectivity index (χ2n) is 5.62. The highest BCUT2D eigenvalue weighted by Gasteiger charge is 2.41. The van der Waals surface area contributed by atoms with E-state index in [4.69, 9.17) is 4.74 Å². The summed E-state index contributed by atoms with van der Waals surface area (Å²) >= 11 is 0. The standard InChI is InChI=1S/C15H19F2NO/c1-9(12-8-11(16)4-5-13(12)17)18-14-6-7-19-15(14)10-2-3-10/h4-5,8-10,14-15,18H,2-3,6-7H2,1H3.